The lowest BCUT2D eigenvalue weighted by Gasteiger charge is -2.42. The molecule has 0 radical (unpaired) electrons. The highest BCUT2D eigenvalue weighted by atomic mass is 19.1. The van der Waals surface area contributed by atoms with Crippen molar-refractivity contribution in [2.24, 2.45) is 5.92 Å². The van der Waals surface area contributed by atoms with E-state index in [1.807, 2.05) is 42.0 Å². The molecule has 0 fully saturated rings. The lowest BCUT2D eigenvalue weighted by atomic mass is 9.89. The van der Waals surface area contributed by atoms with Crippen molar-refractivity contribution in [1.82, 2.24) is 19.8 Å². The zero-order valence-electron chi connectivity index (χ0n) is 21.8. The second kappa shape index (κ2) is 10.8. The van der Waals surface area contributed by atoms with Gasteiger partial charge in [0.15, 0.2) is 0 Å². The SMILES string of the molecule is CC(CF)CN(C)CCOc1cnc([C@@H]2c3[nH]c4ccccc4c3C[C@@H](C)N2CC(C)(C)F)c(F)c1. The van der Waals surface area contributed by atoms with Gasteiger partial charge in [0.1, 0.15) is 23.8 Å². The van der Waals surface area contributed by atoms with Gasteiger partial charge >= 0.3 is 0 Å². The van der Waals surface area contributed by atoms with Crippen molar-refractivity contribution in [3.8, 4) is 5.75 Å². The Morgan fingerprint density at radius 2 is 2.06 bits per heavy atom. The Morgan fingerprint density at radius 1 is 1.31 bits per heavy atom. The van der Waals surface area contributed by atoms with Gasteiger partial charge in [0.05, 0.1) is 24.6 Å². The van der Waals surface area contributed by atoms with Gasteiger partial charge < -0.3 is 14.6 Å². The number of rotatable bonds is 10. The zero-order chi connectivity index (χ0) is 26.0. The summed E-state index contributed by atoms with van der Waals surface area (Å²) in [5.74, 6) is -0.198. The number of hydrogen-bond donors (Lipinski definition) is 1. The Kier molecular flexibility index (Phi) is 7.95. The fourth-order valence-corrected chi connectivity index (χ4v) is 5.18. The predicted octanol–water partition coefficient (Wildman–Crippen LogP) is 5.70. The number of pyridine rings is 1. The largest absolute Gasteiger partial charge is 0.491 e. The molecule has 0 saturated carbocycles. The molecule has 0 saturated heterocycles. The van der Waals surface area contributed by atoms with Gasteiger partial charge in [-0.05, 0) is 51.8 Å². The molecule has 0 spiro atoms. The number of aromatic amines is 1. The first-order valence-corrected chi connectivity index (χ1v) is 12.6. The van der Waals surface area contributed by atoms with Crippen LogP contribution in [0, 0.1) is 11.7 Å². The fraction of sp³-hybridized carbons (Fsp3) is 0.536. The number of H-pyrrole nitrogens is 1. The summed E-state index contributed by atoms with van der Waals surface area (Å²) in [6.07, 6.45) is 2.27. The standard InChI is InChI=1S/C28H37F3N4O/c1-18(14-29)16-34(5)10-11-36-20-13-23(30)26(32-15-20)27-25-22(21-8-6-7-9-24(21)33-25)12-19(2)35(27)17-28(3,4)31/h6-9,13,15,18-19,27,33H,10-12,14,16-17H2,1-5H3/t18?,19-,27+/m1/s1. The smallest absolute Gasteiger partial charge is 0.150 e. The van der Waals surface area contributed by atoms with Crippen molar-refractivity contribution in [2.75, 3.05) is 40.0 Å². The van der Waals surface area contributed by atoms with Crippen LogP contribution in [-0.2, 0) is 6.42 Å². The molecule has 1 aliphatic heterocycles. The summed E-state index contributed by atoms with van der Waals surface area (Å²) in [7, 11) is 1.90. The Labute approximate surface area is 211 Å². The number of likely N-dealkylation sites (N-methyl/N-ethyl adjacent to an activating group) is 1. The molecular formula is C28H37F3N4O. The third-order valence-electron chi connectivity index (χ3n) is 6.81. The maximum Gasteiger partial charge on any atom is 0.150 e. The lowest BCUT2D eigenvalue weighted by molar-refractivity contribution is 0.0640. The molecule has 3 aromatic rings. The van der Waals surface area contributed by atoms with Gasteiger partial charge in [0.25, 0.3) is 0 Å². The second-order valence-corrected chi connectivity index (χ2v) is 10.8. The molecule has 36 heavy (non-hydrogen) atoms. The molecule has 1 N–H and O–H groups in total. The molecule has 3 atom stereocenters. The van der Waals surface area contributed by atoms with Gasteiger partial charge in [-0.15, -0.1) is 0 Å². The van der Waals surface area contributed by atoms with Crippen molar-refractivity contribution in [3.05, 3.63) is 59.3 Å². The van der Waals surface area contributed by atoms with Crippen molar-refractivity contribution in [3.63, 3.8) is 0 Å². The predicted molar refractivity (Wildman–Crippen MR) is 138 cm³/mol. The lowest BCUT2D eigenvalue weighted by Crippen LogP contribution is -2.48. The van der Waals surface area contributed by atoms with E-state index in [4.69, 9.17) is 4.74 Å². The Morgan fingerprint density at radius 3 is 2.75 bits per heavy atom. The number of nitrogens with zero attached hydrogens (tertiary/aromatic N) is 3. The van der Waals surface area contributed by atoms with Crippen LogP contribution in [0.5, 0.6) is 5.75 Å². The van der Waals surface area contributed by atoms with E-state index >= 15 is 4.39 Å². The molecule has 1 unspecified atom stereocenters. The molecule has 1 aliphatic rings. The van der Waals surface area contributed by atoms with Crippen molar-refractivity contribution in [2.45, 2.75) is 51.9 Å². The Hall–Kier alpha value is -2.58. The first-order valence-electron chi connectivity index (χ1n) is 12.6. The first-order chi connectivity index (χ1) is 17.1. The minimum Gasteiger partial charge on any atom is -0.491 e. The summed E-state index contributed by atoms with van der Waals surface area (Å²) in [5.41, 5.74) is 1.76. The van der Waals surface area contributed by atoms with E-state index in [2.05, 4.69) is 23.0 Å². The average Bonchev–Trinajstić information content (AvgIpc) is 3.17. The Balaban J connectivity index is 1.61. The molecular weight excluding hydrogens is 465 g/mol. The summed E-state index contributed by atoms with van der Waals surface area (Å²) >= 11 is 0. The van der Waals surface area contributed by atoms with Crippen molar-refractivity contribution < 1.29 is 17.9 Å². The number of ether oxygens (including phenoxy) is 1. The molecule has 0 aliphatic carbocycles. The molecule has 8 heteroatoms. The van der Waals surface area contributed by atoms with Gasteiger partial charge in [-0.25, -0.2) is 8.78 Å². The highest BCUT2D eigenvalue weighted by Gasteiger charge is 2.40. The zero-order valence-corrected chi connectivity index (χ0v) is 21.8. The summed E-state index contributed by atoms with van der Waals surface area (Å²) in [5, 5.41) is 1.11. The number of nitrogens with one attached hydrogen (secondary N) is 1. The summed E-state index contributed by atoms with van der Waals surface area (Å²) in [4.78, 5) is 12.0. The van der Waals surface area contributed by atoms with E-state index in [0.717, 1.165) is 28.6 Å². The fourth-order valence-electron chi connectivity index (χ4n) is 5.18. The highest BCUT2D eigenvalue weighted by Crippen LogP contribution is 2.42. The van der Waals surface area contributed by atoms with Gasteiger partial charge in [-0.1, -0.05) is 25.1 Å². The van der Waals surface area contributed by atoms with E-state index < -0.39 is 17.5 Å². The summed E-state index contributed by atoms with van der Waals surface area (Å²) in [6, 6.07) is 8.83. The number of halogens is 3. The maximum absolute atomic E-state index is 15.6. The van der Waals surface area contributed by atoms with Crippen molar-refractivity contribution in [1.29, 1.82) is 0 Å². The minimum absolute atomic E-state index is 0.00360. The average molecular weight is 503 g/mol. The van der Waals surface area contributed by atoms with Crippen LogP contribution < -0.4 is 4.74 Å². The molecule has 0 amide bonds. The monoisotopic (exact) mass is 502 g/mol. The maximum atomic E-state index is 15.6. The number of hydrogen-bond acceptors (Lipinski definition) is 4. The van der Waals surface area contributed by atoms with E-state index in [1.165, 1.54) is 12.3 Å². The molecule has 196 valence electrons. The van der Waals surface area contributed by atoms with Gasteiger partial charge in [0.2, 0.25) is 0 Å². The molecule has 5 nitrogen and oxygen atoms in total. The Bertz CT molecular complexity index is 1180. The van der Waals surface area contributed by atoms with Crippen LogP contribution in [0.15, 0.2) is 36.5 Å². The van der Waals surface area contributed by atoms with E-state index in [-0.39, 0.29) is 30.9 Å². The molecule has 2 aromatic heterocycles. The van der Waals surface area contributed by atoms with E-state index in [0.29, 0.717) is 25.4 Å². The van der Waals surface area contributed by atoms with E-state index in [1.54, 1.807) is 13.8 Å². The third kappa shape index (κ3) is 5.86. The van der Waals surface area contributed by atoms with Crippen LogP contribution in [-0.4, -0.2) is 71.4 Å². The molecule has 0 bridgehead atoms. The normalized spacial score (nSPS) is 19.6. The van der Waals surface area contributed by atoms with E-state index in [9.17, 15) is 8.78 Å². The first kappa shape index (κ1) is 26.5. The van der Waals surface area contributed by atoms with Crippen LogP contribution in [0.2, 0.25) is 0 Å². The minimum atomic E-state index is -1.46. The van der Waals surface area contributed by atoms with Crippen LogP contribution in [0.25, 0.3) is 10.9 Å². The van der Waals surface area contributed by atoms with Crippen LogP contribution in [0.4, 0.5) is 13.2 Å². The second-order valence-electron chi connectivity index (χ2n) is 10.8. The molecule has 4 rings (SSSR count). The van der Waals surface area contributed by atoms with Crippen molar-refractivity contribution >= 4 is 10.9 Å². The van der Waals surface area contributed by atoms with Crippen LogP contribution in [0.1, 0.15) is 50.7 Å². The molecule has 3 heterocycles. The van der Waals surface area contributed by atoms with Gasteiger partial charge in [0, 0.05) is 48.3 Å². The summed E-state index contributed by atoms with van der Waals surface area (Å²) in [6.45, 7) is 8.34. The number of alkyl halides is 2. The quantitative estimate of drug-likeness (QED) is 0.386. The summed E-state index contributed by atoms with van der Waals surface area (Å²) < 4.78 is 48.9. The number of fused-ring (bicyclic) bond motifs is 3. The van der Waals surface area contributed by atoms with Crippen LogP contribution >= 0.6 is 0 Å². The van der Waals surface area contributed by atoms with Gasteiger partial charge in [-0.3, -0.25) is 14.3 Å². The number of aromatic nitrogens is 2. The highest BCUT2D eigenvalue weighted by molar-refractivity contribution is 5.85. The molecule has 1 aromatic carbocycles. The topological polar surface area (TPSA) is 44.4 Å². The number of para-hydroxylation sites is 1. The number of benzene rings is 1. The third-order valence-corrected chi connectivity index (χ3v) is 6.81. The van der Waals surface area contributed by atoms with Gasteiger partial charge in [-0.2, -0.15) is 0 Å². The van der Waals surface area contributed by atoms with Crippen LogP contribution in [0.3, 0.4) is 0 Å².